The molecule has 0 atom stereocenters. The number of aldehydes is 1. The van der Waals surface area contributed by atoms with Crippen molar-refractivity contribution in [3.8, 4) is 22.8 Å². The number of ether oxygens (including phenoxy) is 3. The third-order valence-corrected chi connectivity index (χ3v) is 5.51. The Hall–Kier alpha value is -3.11. The lowest BCUT2D eigenvalue weighted by Crippen LogP contribution is -2.33. The maximum absolute atomic E-state index is 13.7. The molecule has 0 N–H and O–H groups in total. The first-order valence-electron chi connectivity index (χ1n) is 10.2. The topological polar surface area (TPSA) is 75.0 Å². The molecule has 2 aromatic carbocycles. The Kier molecular flexibility index (Phi) is 6.81. The molecular weight excluding hydrogens is 484 g/mol. The van der Waals surface area contributed by atoms with Crippen molar-refractivity contribution in [2.24, 2.45) is 5.92 Å². The monoisotopic (exact) mass is 500 g/mol. The molecule has 180 valence electrons. The van der Waals surface area contributed by atoms with Crippen LogP contribution in [0.4, 0.5) is 17.6 Å². The first kappa shape index (κ1) is 24.0. The fourth-order valence-corrected chi connectivity index (χ4v) is 3.78. The lowest BCUT2D eigenvalue weighted by Gasteiger charge is -2.31. The first-order valence-corrected chi connectivity index (χ1v) is 10.5. The van der Waals surface area contributed by atoms with Gasteiger partial charge in [-0.3, -0.25) is 4.79 Å². The number of rotatable bonds is 8. The summed E-state index contributed by atoms with van der Waals surface area (Å²) in [5, 5.41) is -0.767. The number of benzene rings is 2. The Morgan fingerprint density at radius 1 is 1.12 bits per heavy atom. The van der Waals surface area contributed by atoms with Crippen LogP contribution >= 0.6 is 11.6 Å². The van der Waals surface area contributed by atoms with Crippen LogP contribution in [0.25, 0.3) is 22.3 Å². The summed E-state index contributed by atoms with van der Waals surface area (Å²) in [6, 6.07) is 7.29. The van der Waals surface area contributed by atoms with Gasteiger partial charge in [-0.05, 0) is 49.2 Å². The minimum Gasteiger partial charge on any atom is -0.491 e. The largest absolute Gasteiger partial charge is 0.573 e. The summed E-state index contributed by atoms with van der Waals surface area (Å²) >= 11 is 5.94. The molecule has 4 rings (SSSR count). The van der Waals surface area contributed by atoms with Crippen LogP contribution in [0.2, 0.25) is 5.02 Å². The summed E-state index contributed by atoms with van der Waals surface area (Å²) in [5.41, 5.74) is -1.42. The van der Waals surface area contributed by atoms with Crippen LogP contribution in [-0.4, -0.2) is 32.0 Å². The maximum atomic E-state index is 13.7. The van der Waals surface area contributed by atoms with E-state index in [4.69, 9.17) is 25.5 Å². The molecule has 1 aliphatic carbocycles. The van der Waals surface area contributed by atoms with Gasteiger partial charge in [-0.1, -0.05) is 11.6 Å². The van der Waals surface area contributed by atoms with Gasteiger partial charge in [-0.15, -0.1) is 13.2 Å². The maximum Gasteiger partial charge on any atom is 0.573 e. The van der Waals surface area contributed by atoms with Crippen LogP contribution < -0.4 is 14.9 Å². The number of fused-ring (bicyclic) bond motifs is 1. The molecule has 1 aliphatic rings. The van der Waals surface area contributed by atoms with E-state index in [0.29, 0.717) is 25.2 Å². The zero-order chi connectivity index (χ0) is 24.5. The Morgan fingerprint density at radius 2 is 1.82 bits per heavy atom. The molecule has 0 aliphatic heterocycles. The van der Waals surface area contributed by atoms with Crippen molar-refractivity contribution in [2.45, 2.75) is 25.3 Å². The molecule has 1 saturated carbocycles. The van der Waals surface area contributed by atoms with E-state index >= 15 is 0 Å². The Morgan fingerprint density at radius 3 is 2.47 bits per heavy atom. The summed E-state index contributed by atoms with van der Waals surface area (Å²) in [4.78, 5) is 23.3. The van der Waals surface area contributed by atoms with Crippen molar-refractivity contribution in [1.29, 1.82) is 0 Å². The lowest BCUT2D eigenvalue weighted by atomic mass is 9.83. The highest BCUT2D eigenvalue weighted by Gasteiger charge is 2.35. The van der Waals surface area contributed by atoms with Crippen LogP contribution in [0.5, 0.6) is 11.5 Å². The third kappa shape index (κ3) is 5.34. The molecule has 0 saturated heterocycles. The summed E-state index contributed by atoms with van der Waals surface area (Å²) < 4.78 is 73.2. The second kappa shape index (κ2) is 9.63. The Balaban J connectivity index is 1.55. The van der Waals surface area contributed by atoms with Crippen LogP contribution in [0.15, 0.2) is 45.6 Å². The molecule has 0 unspecified atom stereocenters. The van der Waals surface area contributed by atoms with Crippen LogP contribution in [0.1, 0.15) is 12.8 Å². The van der Waals surface area contributed by atoms with Gasteiger partial charge in [0.05, 0.1) is 23.1 Å². The van der Waals surface area contributed by atoms with Crippen molar-refractivity contribution >= 4 is 28.9 Å². The lowest BCUT2D eigenvalue weighted by molar-refractivity contribution is -0.275. The van der Waals surface area contributed by atoms with E-state index in [0.717, 1.165) is 18.4 Å². The number of carbonyl (C=O) groups excluding carboxylic acids is 1. The molecule has 1 aromatic heterocycles. The van der Waals surface area contributed by atoms with Crippen molar-refractivity contribution in [1.82, 2.24) is 0 Å². The van der Waals surface area contributed by atoms with E-state index in [1.165, 1.54) is 24.3 Å². The second-order valence-electron chi connectivity index (χ2n) is 7.63. The van der Waals surface area contributed by atoms with Crippen molar-refractivity contribution in [3.63, 3.8) is 0 Å². The van der Waals surface area contributed by atoms with E-state index in [2.05, 4.69) is 4.74 Å². The molecule has 11 heteroatoms. The van der Waals surface area contributed by atoms with Crippen LogP contribution in [0, 0.1) is 11.7 Å². The van der Waals surface area contributed by atoms with Gasteiger partial charge < -0.3 is 23.4 Å². The van der Waals surface area contributed by atoms with E-state index in [1.54, 1.807) is 0 Å². The molecule has 0 bridgehead atoms. The first-order chi connectivity index (χ1) is 16.1. The van der Waals surface area contributed by atoms with E-state index in [1.807, 2.05) is 0 Å². The summed E-state index contributed by atoms with van der Waals surface area (Å²) in [6.07, 6.45) is -2.87. The Labute approximate surface area is 195 Å². The molecule has 6 nitrogen and oxygen atoms in total. The standard InChI is InChI=1S/C23H17ClF4O6/c24-18-10-14(25)9-17-19(30)22(34-23(26,27)28)20(33-21(17)18)13-1-3-15(4-2-13)31-5-6-32-16-7-12(8-16)11-29/h1-4,9-12,16H,5-8H2. The number of hydrogen-bond acceptors (Lipinski definition) is 6. The Bertz CT molecular complexity index is 1250. The van der Waals surface area contributed by atoms with Gasteiger partial charge in [-0.25, -0.2) is 4.39 Å². The van der Waals surface area contributed by atoms with Gasteiger partial charge in [0.1, 0.15) is 24.5 Å². The van der Waals surface area contributed by atoms with Crippen molar-refractivity contribution in [3.05, 3.63) is 57.5 Å². The second-order valence-corrected chi connectivity index (χ2v) is 8.04. The average molecular weight is 501 g/mol. The highest BCUT2D eigenvalue weighted by molar-refractivity contribution is 6.34. The molecule has 1 heterocycles. The minimum absolute atomic E-state index is 0.0318. The molecule has 1 fully saturated rings. The average Bonchev–Trinajstić information content (AvgIpc) is 2.74. The van der Waals surface area contributed by atoms with E-state index in [9.17, 15) is 27.2 Å². The van der Waals surface area contributed by atoms with Crippen LogP contribution in [0.3, 0.4) is 0 Å². The molecule has 0 amide bonds. The summed E-state index contributed by atoms with van der Waals surface area (Å²) in [5.74, 6) is -2.13. The molecule has 0 radical (unpaired) electrons. The van der Waals surface area contributed by atoms with Gasteiger partial charge in [0.15, 0.2) is 11.3 Å². The number of alkyl halides is 3. The zero-order valence-electron chi connectivity index (χ0n) is 17.4. The van der Waals surface area contributed by atoms with Crippen molar-refractivity contribution < 1.29 is 41.0 Å². The van der Waals surface area contributed by atoms with Crippen molar-refractivity contribution in [2.75, 3.05) is 13.2 Å². The predicted molar refractivity (Wildman–Crippen MR) is 114 cm³/mol. The normalized spacial score (nSPS) is 17.9. The van der Waals surface area contributed by atoms with Gasteiger partial charge in [0.2, 0.25) is 11.2 Å². The molecule has 34 heavy (non-hydrogen) atoms. The summed E-state index contributed by atoms with van der Waals surface area (Å²) in [6.45, 7) is 0.520. The number of halogens is 5. The van der Waals surface area contributed by atoms with E-state index < -0.39 is 34.5 Å². The SMILES string of the molecule is O=CC1CC(OCCOc2ccc(-c3oc4c(Cl)cc(F)cc4c(=O)c3OC(F)(F)F)cc2)C1. The molecular formula is C23H17ClF4O6. The number of hydrogen-bond donors (Lipinski definition) is 0. The van der Waals surface area contributed by atoms with Gasteiger partial charge in [-0.2, -0.15) is 0 Å². The van der Waals surface area contributed by atoms with Gasteiger partial charge >= 0.3 is 6.36 Å². The number of carbonyl (C=O) groups is 1. The fraction of sp³-hybridized carbons (Fsp3) is 0.304. The van der Waals surface area contributed by atoms with Gasteiger partial charge in [0.25, 0.3) is 0 Å². The molecule has 0 spiro atoms. The predicted octanol–water partition coefficient (Wildman–Crippen LogP) is 5.52. The quantitative estimate of drug-likeness (QED) is 0.230. The fourth-order valence-electron chi connectivity index (χ4n) is 3.54. The highest BCUT2D eigenvalue weighted by atomic mass is 35.5. The van der Waals surface area contributed by atoms with Crippen LogP contribution in [-0.2, 0) is 9.53 Å². The minimum atomic E-state index is -5.19. The summed E-state index contributed by atoms with van der Waals surface area (Å²) in [7, 11) is 0. The van der Waals surface area contributed by atoms with E-state index in [-0.39, 0.29) is 34.8 Å². The smallest absolute Gasteiger partial charge is 0.491 e. The third-order valence-electron chi connectivity index (χ3n) is 5.23. The molecule has 3 aromatic rings. The van der Waals surface area contributed by atoms with Gasteiger partial charge in [0, 0.05) is 11.5 Å². The zero-order valence-corrected chi connectivity index (χ0v) is 18.1. The highest BCUT2D eigenvalue weighted by Crippen LogP contribution is 2.37.